The molecule has 0 aliphatic heterocycles. The Kier molecular flexibility index (Phi) is 3.83. The standard InChI is InChI=1S/C11H13F3N2O2/c1-7-4-8(11(12,13)14)5-9(17)16(7)6-10(18)15(2)3/h4-5H,6H2,1-3H3. The van der Waals surface area contributed by atoms with E-state index in [2.05, 4.69) is 0 Å². The largest absolute Gasteiger partial charge is 0.416 e. The number of alkyl halides is 3. The SMILES string of the molecule is Cc1cc(C(F)(F)F)cc(=O)n1CC(=O)N(C)C. The minimum Gasteiger partial charge on any atom is -0.347 e. The van der Waals surface area contributed by atoms with Crippen LogP contribution < -0.4 is 5.56 Å². The summed E-state index contributed by atoms with van der Waals surface area (Å²) < 4.78 is 38.4. The van der Waals surface area contributed by atoms with E-state index in [0.29, 0.717) is 6.07 Å². The van der Waals surface area contributed by atoms with E-state index >= 15 is 0 Å². The fourth-order valence-corrected chi connectivity index (χ4v) is 1.37. The lowest BCUT2D eigenvalue weighted by atomic mass is 10.2. The minimum absolute atomic E-state index is 0.102. The highest BCUT2D eigenvalue weighted by Gasteiger charge is 2.31. The lowest BCUT2D eigenvalue weighted by Gasteiger charge is -2.15. The van der Waals surface area contributed by atoms with Crippen LogP contribution in [0.25, 0.3) is 0 Å². The van der Waals surface area contributed by atoms with Crippen molar-refractivity contribution in [3.8, 4) is 0 Å². The molecule has 0 fully saturated rings. The first-order valence-electron chi connectivity index (χ1n) is 5.11. The van der Waals surface area contributed by atoms with E-state index in [1.54, 1.807) is 0 Å². The summed E-state index contributed by atoms with van der Waals surface area (Å²) >= 11 is 0. The van der Waals surface area contributed by atoms with Crippen LogP contribution in [0.4, 0.5) is 13.2 Å². The number of pyridine rings is 1. The Morgan fingerprint density at radius 2 is 1.89 bits per heavy atom. The monoisotopic (exact) mass is 262 g/mol. The second kappa shape index (κ2) is 4.83. The summed E-state index contributed by atoms with van der Waals surface area (Å²) in [6, 6.07) is 1.35. The second-order valence-corrected chi connectivity index (χ2v) is 4.10. The van der Waals surface area contributed by atoms with Crippen LogP contribution in [0.15, 0.2) is 16.9 Å². The molecule has 1 rings (SSSR count). The van der Waals surface area contributed by atoms with Crippen molar-refractivity contribution in [1.82, 2.24) is 9.47 Å². The molecule has 0 aliphatic carbocycles. The van der Waals surface area contributed by atoms with E-state index in [4.69, 9.17) is 0 Å². The number of aryl methyl sites for hydroxylation is 1. The minimum atomic E-state index is -4.56. The van der Waals surface area contributed by atoms with E-state index in [1.807, 2.05) is 0 Å². The fraction of sp³-hybridized carbons (Fsp3) is 0.455. The van der Waals surface area contributed by atoms with Crippen molar-refractivity contribution in [2.24, 2.45) is 0 Å². The molecule has 0 atom stereocenters. The van der Waals surface area contributed by atoms with Gasteiger partial charge < -0.3 is 9.47 Å². The maximum Gasteiger partial charge on any atom is 0.416 e. The number of carbonyl (C=O) groups excluding carboxylic acids is 1. The van der Waals surface area contributed by atoms with E-state index in [1.165, 1.54) is 25.9 Å². The summed E-state index contributed by atoms with van der Waals surface area (Å²) in [6.07, 6.45) is -4.56. The summed E-state index contributed by atoms with van der Waals surface area (Å²) in [5.41, 5.74) is -1.74. The lowest BCUT2D eigenvalue weighted by Crippen LogP contribution is -2.33. The van der Waals surface area contributed by atoms with E-state index in [-0.39, 0.29) is 18.1 Å². The van der Waals surface area contributed by atoms with Crippen LogP contribution in [0.5, 0.6) is 0 Å². The highest BCUT2D eigenvalue weighted by molar-refractivity contribution is 5.75. The predicted molar refractivity (Wildman–Crippen MR) is 59.1 cm³/mol. The van der Waals surface area contributed by atoms with Crippen molar-refractivity contribution in [3.05, 3.63) is 33.7 Å². The summed E-state index contributed by atoms with van der Waals surface area (Å²) in [5, 5.41) is 0. The zero-order chi connectivity index (χ0) is 14.1. The molecule has 0 N–H and O–H groups in total. The van der Waals surface area contributed by atoms with Gasteiger partial charge in [0, 0.05) is 25.9 Å². The van der Waals surface area contributed by atoms with Crippen molar-refractivity contribution in [2.75, 3.05) is 14.1 Å². The molecule has 100 valence electrons. The predicted octanol–water partition coefficient (Wildman–Crippen LogP) is 1.26. The summed E-state index contributed by atoms with van der Waals surface area (Å²) in [6.45, 7) is 1.09. The van der Waals surface area contributed by atoms with Gasteiger partial charge in [0.1, 0.15) is 6.54 Å². The number of aromatic nitrogens is 1. The van der Waals surface area contributed by atoms with Gasteiger partial charge in [0.05, 0.1) is 5.56 Å². The van der Waals surface area contributed by atoms with Gasteiger partial charge in [-0.05, 0) is 13.0 Å². The molecule has 1 aromatic rings. The van der Waals surface area contributed by atoms with Gasteiger partial charge in [-0.25, -0.2) is 0 Å². The van der Waals surface area contributed by atoms with Gasteiger partial charge in [-0.1, -0.05) is 0 Å². The van der Waals surface area contributed by atoms with E-state index < -0.39 is 17.3 Å². The average Bonchev–Trinajstić information content (AvgIpc) is 2.21. The average molecular weight is 262 g/mol. The Labute approximate surface area is 102 Å². The smallest absolute Gasteiger partial charge is 0.347 e. The van der Waals surface area contributed by atoms with Gasteiger partial charge in [0.2, 0.25) is 5.91 Å². The van der Waals surface area contributed by atoms with E-state index in [9.17, 15) is 22.8 Å². The van der Waals surface area contributed by atoms with Gasteiger partial charge in [-0.3, -0.25) is 9.59 Å². The molecule has 0 saturated carbocycles. The summed E-state index contributed by atoms with van der Waals surface area (Å²) in [5.74, 6) is -0.361. The Morgan fingerprint density at radius 1 is 1.33 bits per heavy atom. The van der Waals surface area contributed by atoms with Gasteiger partial charge in [0.15, 0.2) is 0 Å². The number of carbonyl (C=O) groups is 1. The maximum atomic E-state index is 12.4. The van der Waals surface area contributed by atoms with Crippen molar-refractivity contribution < 1.29 is 18.0 Å². The molecule has 0 unspecified atom stereocenters. The first-order valence-corrected chi connectivity index (χ1v) is 5.11. The molecule has 0 spiro atoms. The molecule has 7 heteroatoms. The number of halogens is 3. The maximum absolute atomic E-state index is 12.4. The van der Waals surface area contributed by atoms with Crippen molar-refractivity contribution in [1.29, 1.82) is 0 Å². The third kappa shape index (κ3) is 3.12. The highest BCUT2D eigenvalue weighted by Crippen LogP contribution is 2.28. The molecule has 1 heterocycles. The zero-order valence-corrected chi connectivity index (χ0v) is 10.2. The Hall–Kier alpha value is -1.79. The molecule has 0 aliphatic rings. The van der Waals surface area contributed by atoms with Crippen LogP contribution in [0.2, 0.25) is 0 Å². The number of hydrogen-bond donors (Lipinski definition) is 0. The van der Waals surface area contributed by atoms with Gasteiger partial charge >= 0.3 is 6.18 Å². The quantitative estimate of drug-likeness (QED) is 0.805. The molecule has 18 heavy (non-hydrogen) atoms. The Morgan fingerprint density at radius 3 is 2.28 bits per heavy atom. The Bertz CT molecular complexity index is 518. The van der Waals surface area contributed by atoms with Crippen LogP contribution in [0, 0.1) is 6.92 Å². The molecular formula is C11H13F3N2O2. The summed E-state index contributed by atoms with van der Waals surface area (Å²) in [7, 11) is 3.01. The zero-order valence-electron chi connectivity index (χ0n) is 10.2. The third-order valence-electron chi connectivity index (χ3n) is 2.45. The molecule has 0 radical (unpaired) electrons. The van der Waals surface area contributed by atoms with Crippen molar-refractivity contribution >= 4 is 5.91 Å². The van der Waals surface area contributed by atoms with Crippen LogP contribution in [0.3, 0.4) is 0 Å². The van der Waals surface area contributed by atoms with Gasteiger partial charge in [-0.15, -0.1) is 0 Å². The van der Waals surface area contributed by atoms with E-state index in [0.717, 1.165) is 10.6 Å². The lowest BCUT2D eigenvalue weighted by molar-refractivity contribution is -0.137. The molecule has 1 aromatic heterocycles. The van der Waals surface area contributed by atoms with Crippen LogP contribution in [-0.4, -0.2) is 29.5 Å². The number of hydrogen-bond acceptors (Lipinski definition) is 2. The first kappa shape index (κ1) is 14.3. The fourth-order valence-electron chi connectivity index (χ4n) is 1.37. The number of amides is 1. The van der Waals surface area contributed by atoms with Crippen LogP contribution in [0.1, 0.15) is 11.3 Å². The molecule has 4 nitrogen and oxygen atoms in total. The van der Waals surface area contributed by atoms with Gasteiger partial charge in [0.25, 0.3) is 5.56 Å². The Balaban J connectivity index is 3.18. The molecule has 0 aromatic carbocycles. The summed E-state index contributed by atoms with van der Waals surface area (Å²) in [4.78, 5) is 24.3. The molecule has 0 saturated heterocycles. The second-order valence-electron chi connectivity index (χ2n) is 4.10. The topological polar surface area (TPSA) is 42.3 Å². The van der Waals surface area contributed by atoms with Gasteiger partial charge in [-0.2, -0.15) is 13.2 Å². The normalized spacial score (nSPS) is 11.4. The first-order chi connectivity index (χ1) is 8.12. The highest BCUT2D eigenvalue weighted by atomic mass is 19.4. The third-order valence-corrected chi connectivity index (χ3v) is 2.45. The molecular weight excluding hydrogens is 249 g/mol. The van der Waals surface area contributed by atoms with Crippen molar-refractivity contribution in [2.45, 2.75) is 19.6 Å². The number of rotatable bonds is 2. The van der Waals surface area contributed by atoms with Crippen molar-refractivity contribution in [3.63, 3.8) is 0 Å². The molecule has 0 bridgehead atoms. The van der Waals surface area contributed by atoms with Crippen LogP contribution in [-0.2, 0) is 17.5 Å². The number of nitrogens with zero attached hydrogens (tertiary/aromatic N) is 2. The number of likely N-dealkylation sites (N-methyl/N-ethyl adjacent to an activating group) is 1. The van der Waals surface area contributed by atoms with Crippen LogP contribution >= 0.6 is 0 Å². The molecule has 1 amide bonds.